The lowest BCUT2D eigenvalue weighted by Gasteiger charge is -2.07. The van der Waals surface area contributed by atoms with Crippen LogP contribution in [0.1, 0.15) is 27.6 Å². The van der Waals surface area contributed by atoms with Crippen LogP contribution < -0.4 is 4.74 Å². The molecule has 1 aromatic rings. The Bertz CT molecular complexity index is 478. The van der Waals surface area contributed by atoms with Gasteiger partial charge >= 0.3 is 11.9 Å². The smallest absolute Gasteiger partial charge is 0.349 e. The van der Waals surface area contributed by atoms with Gasteiger partial charge in [0, 0.05) is 11.1 Å². The standard InChI is InChI=1S/C11H10O5/c1-5-7(15-2)4-3-6-8(5)11(14)16-9(6)10(12)13/h3-4,9H,1-2H3,(H,12,13). The first kappa shape index (κ1) is 10.5. The van der Waals surface area contributed by atoms with Gasteiger partial charge in [-0.2, -0.15) is 0 Å². The maximum absolute atomic E-state index is 11.5. The van der Waals surface area contributed by atoms with Crippen molar-refractivity contribution in [3.8, 4) is 5.75 Å². The van der Waals surface area contributed by atoms with Crippen LogP contribution in [0.2, 0.25) is 0 Å². The third-order valence-corrected chi connectivity index (χ3v) is 2.60. The first-order chi connectivity index (χ1) is 7.56. The van der Waals surface area contributed by atoms with Crippen LogP contribution in [0.4, 0.5) is 0 Å². The number of carbonyl (C=O) groups excluding carboxylic acids is 1. The second kappa shape index (κ2) is 3.52. The van der Waals surface area contributed by atoms with Crippen LogP contribution in [0.25, 0.3) is 0 Å². The molecule has 1 atom stereocenters. The highest BCUT2D eigenvalue weighted by Gasteiger charge is 2.37. The molecule has 5 heteroatoms. The quantitative estimate of drug-likeness (QED) is 0.763. The Morgan fingerprint density at radius 3 is 2.75 bits per heavy atom. The zero-order valence-electron chi connectivity index (χ0n) is 8.81. The van der Waals surface area contributed by atoms with Crippen molar-refractivity contribution in [2.75, 3.05) is 7.11 Å². The summed E-state index contributed by atoms with van der Waals surface area (Å²) in [5.74, 6) is -1.24. The average molecular weight is 222 g/mol. The van der Waals surface area contributed by atoms with E-state index < -0.39 is 18.0 Å². The van der Waals surface area contributed by atoms with E-state index in [1.165, 1.54) is 7.11 Å². The van der Waals surface area contributed by atoms with Crippen molar-refractivity contribution in [3.63, 3.8) is 0 Å². The van der Waals surface area contributed by atoms with Gasteiger partial charge in [-0.15, -0.1) is 0 Å². The molecule has 0 amide bonds. The molecular weight excluding hydrogens is 212 g/mol. The van der Waals surface area contributed by atoms with Crippen molar-refractivity contribution in [1.82, 2.24) is 0 Å². The normalized spacial score (nSPS) is 17.9. The van der Waals surface area contributed by atoms with Gasteiger partial charge in [-0.1, -0.05) is 6.07 Å². The van der Waals surface area contributed by atoms with Crippen LogP contribution >= 0.6 is 0 Å². The fraction of sp³-hybridized carbons (Fsp3) is 0.273. The Kier molecular flexibility index (Phi) is 2.30. The van der Waals surface area contributed by atoms with E-state index in [0.717, 1.165) is 0 Å². The van der Waals surface area contributed by atoms with E-state index in [0.29, 0.717) is 22.4 Å². The molecule has 1 aliphatic heterocycles. The van der Waals surface area contributed by atoms with Crippen LogP contribution in [-0.4, -0.2) is 24.2 Å². The summed E-state index contributed by atoms with van der Waals surface area (Å²) >= 11 is 0. The zero-order chi connectivity index (χ0) is 11.9. The molecule has 1 unspecified atom stereocenters. The molecular formula is C11H10O5. The summed E-state index contributed by atoms with van der Waals surface area (Å²) in [5.41, 5.74) is 1.29. The third kappa shape index (κ3) is 1.32. The molecule has 0 aromatic heterocycles. The first-order valence-electron chi connectivity index (χ1n) is 4.67. The second-order valence-corrected chi connectivity index (χ2v) is 3.48. The topological polar surface area (TPSA) is 72.8 Å². The van der Waals surface area contributed by atoms with Crippen LogP contribution in [0.3, 0.4) is 0 Å². The Hall–Kier alpha value is -2.04. The van der Waals surface area contributed by atoms with Crippen molar-refractivity contribution >= 4 is 11.9 Å². The fourth-order valence-corrected chi connectivity index (χ4v) is 1.84. The largest absolute Gasteiger partial charge is 0.496 e. The third-order valence-electron chi connectivity index (χ3n) is 2.60. The minimum atomic E-state index is -1.20. The first-order valence-corrected chi connectivity index (χ1v) is 4.67. The van der Waals surface area contributed by atoms with Gasteiger partial charge in [0.05, 0.1) is 12.7 Å². The van der Waals surface area contributed by atoms with E-state index in [2.05, 4.69) is 0 Å². The monoisotopic (exact) mass is 222 g/mol. The van der Waals surface area contributed by atoms with Crippen LogP contribution in [0.15, 0.2) is 12.1 Å². The number of carboxylic acids is 1. The molecule has 0 fully saturated rings. The number of esters is 1. The molecule has 1 heterocycles. The number of rotatable bonds is 2. The van der Waals surface area contributed by atoms with Gasteiger partial charge in [0.15, 0.2) is 0 Å². The van der Waals surface area contributed by atoms with E-state index in [-0.39, 0.29) is 0 Å². The molecule has 0 saturated carbocycles. The van der Waals surface area contributed by atoms with Gasteiger partial charge in [0.1, 0.15) is 5.75 Å². The van der Waals surface area contributed by atoms with Gasteiger partial charge in [0.2, 0.25) is 6.10 Å². The summed E-state index contributed by atoms with van der Waals surface area (Å²) in [7, 11) is 1.49. The number of carbonyl (C=O) groups is 2. The molecule has 16 heavy (non-hydrogen) atoms. The highest BCUT2D eigenvalue weighted by Crippen LogP contribution is 2.36. The maximum Gasteiger partial charge on any atom is 0.349 e. The molecule has 1 aromatic carbocycles. The lowest BCUT2D eigenvalue weighted by Crippen LogP contribution is -2.10. The minimum absolute atomic E-state index is 0.298. The summed E-state index contributed by atoms with van der Waals surface area (Å²) in [6.07, 6.45) is -1.20. The molecule has 1 aliphatic rings. The second-order valence-electron chi connectivity index (χ2n) is 3.48. The lowest BCUT2D eigenvalue weighted by molar-refractivity contribution is -0.146. The van der Waals surface area contributed by atoms with Gasteiger partial charge in [0.25, 0.3) is 0 Å². The summed E-state index contributed by atoms with van der Waals surface area (Å²) in [6, 6.07) is 3.18. The molecule has 0 bridgehead atoms. The lowest BCUT2D eigenvalue weighted by atomic mass is 9.99. The van der Waals surface area contributed by atoms with Crippen molar-refractivity contribution < 1.29 is 24.2 Å². The van der Waals surface area contributed by atoms with Crippen molar-refractivity contribution in [1.29, 1.82) is 0 Å². The average Bonchev–Trinajstić information content (AvgIpc) is 2.57. The number of cyclic esters (lactones) is 1. The summed E-state index contributed by atoms with van der Waals surface area (Å²) < 4.78 is 9.84. The number of ether oxygens (including phenoxy) is 2. The number of methoxy groups -OCH3 is 1. The predicted octanol–water partition coefficient (Wildman–Crippen LogP) is 1.30. The molecule has 2 rings (SSSR count). The van der Waals surface area contributed by atoms with Gasteiger partial charge in [-0.05, 0) is 13.0 Å². The molecule has 1 N–H and O–H groups in total. The summed E-state index contributed by atoms with van der Waals surface area (Å²) in [6.45, 7) is 1.70. The number of benzene rings is 1. The fourth-order valence-electron chi connectivity index (χ4n) is 1.84. The molecule has 0 radical (unpaired) electrons. The van der Waals surface area contributed by atoms with Gasteiger partial charge in [-0.25, -0.2) is 9.59 Å². The highest BCUT2D eigenvalue weighted by atomic mass is 16.6. The SMILES string of the molecule is COc1ccc2c(c1C)C(=O)OC2C(=O)O. The Balaban J connectivity index is 2.61. The number of fused-ring (bicyclic) bond motifs is 1. The Morgan fingerprint density at radius 1 is 1.50 bits per heavy atom. The van der Waals surface area contributed by atoms with Crippen molar-refractivity contribution in [2.24, 2.45) is 0 Å². The van der Waals surface area contributed by atoms with E-state index in [4.69, 9.17) is 14.6 Å². The number of aliphatic carboxylic acids is 1. The maximum atomic E-state index is 11.5. The Morgan fingerprint density at radius 2 is 2.19 bits per heavy atom. The minimum Gasteiger partial charge on any atom is -0.496 e. The van der Waals surface area contributed by atoms with E-state index >= 15 is 0 Å². The number of carboxylic acid groups (broad SMARTS) is 1. The highest BCUT2D eigenvalue weighted by molar-refractivity contribution is 6.00. The molecule has 84 valence electrons. The summed E-state index contributed by atoms with van der Waals surface area (Å²) in [5, 5.41) is 8.89. The zero-order valence-corrected chi connectivity index (χ0v) is 8.81. The van der Waals surface area contributed by atoms with Crippen molar-refractivity contribution in [3.05, 3.63) is 28.8 Å². The number of hydrogen-bond acceptors (Lipinski definition) is 4. The van der Waals surface area contributed by atoms with Crippen LogP contribution in [0.5, 0.6) is 5.75 Å². The van der Waals surface area contributed by atoms with Gasteiger partial charge < -0.3 is 14.6 Å². The van der Waals surface area contributed by atoms with Crippen LogP contribution in [-0.2, 0) is 9.53 Å². The van der Waals surface area contributed by atoms with E-state index in [9.17, 15) is 9.59 Å². The Labute approximate surface area is 91.6 Å². The van der Waals surface area contributed by atoms with Crippen molar-refractivity contribution in [2.45, 2.75) is 13.0 Å². The van der Waals surface area contributed by atoms with E-state index in [1.807, 2.05) is 0 Å². The molecule has 5 nitrogen and oxygen atoms in total. The van der Waals surface area contributed by atoms with E-state index in [1.54, 1.807) is 19.1 Å². The molecule has 0 saturated heterocycles. The number of hydrogen-bond donors (Lipinski definition) is 1. The van der Waals surface area contributed by atoms with Crippen LogP contribution in [0, 0.1) is 6.92 Å². The van der Waals surface area contributed by atoms with Gasteiger partial charge in [-0.3, -0.25) is 0 Å². The summed E-state index contributed by atoms with van der Waals surface area (Å²) in [4.78, 5) is 22.4. The molecule has 0 aliphatic carbocycles. The molecule has 0 spiro atoms. The predicted molar refractivity (Wildman–Crippen MR) is 53.5 cm³/mol.